The van der Waals surface area contributed by atoms with Crippen molar-refractivity contribution in [3.05, 3.63) is 29.8 Å². The van der Waals surface area contributed by atoms with Gasteiger partial charge in [-0.25, -0.2) is 12.7 Å². The zero-order valence-electron chi connectivity index (χ0n) is 12.0. The Morgan fingerprint density at radius 2 is 1.85 bits per heavy atom. The summed E-state index contributed by atoms with van der Waals surface area (Å²) in [5.41, 5.74) is 6.36. The molecule has 1 aromatic carbocycles. The highest BCUT2D eigenvalue weighted by molar-refractivity contribution is 7.89. The van der Waals surface area contributed by atoms with Gasteiger partial charge in [0.25, 0.3) is 0 Å². The Balaban J connectivity index is 2.67. The topological polar surface area (TPSA) is 92.5 Å². The van der Waals surface area contributed by atoms with Gasteiger partial charge in [-0.05, 0) is 24.6 Å². The molecule has 0 saturated heterocycles. The van der Waals surface area contributed by atoms with E-state index in [1.54, 1.807) is 19.1 Å². The fraction of sp³-hybridized carbons (Fsp3) is 0.462. The molecule has 112 valence electrons. The molecule has 1 rings (SSSR count). The first-order valence-corrected chi connectivity index (χ1v) is 7.71. The van der Waals surface area contributed by atoms with Gasteiger partial charge in [0.2, 0.25) is 15.9 Å². The molecule has 3 N–H and O–H groups in total. The highest BCUT2D eigenvalue weighted by Gasteiger charge is 2.16. The molecule has 20 heavy (non-hydrogen) atoms. The number of sulfonamides is 1. The number of hydrogen-bond acceptors (Lipinski definition) is 4. The van der Waals surface area contributed by atoms with Crippen LogP contribution in [0.3, 0.4) is 0 Å². The molecule has 1 unspecified atom stereocenters. The maximum Gasteiger partial charge on any atom is 0.242 e. The quantitative estimate of drug-likeness (QED) is 0.789. The predicted octanol–water partition coefficient (Wildman–Crippen LogP) is 0.290. The van der Waals surface area contributed by atoms with Crippen LogP contribution < -0.4 is 11.1 Å². The lowest BCUT2D eigenvalue weighted by Gasteiger charge is -2.12. The van der Waals surface area contributed by atoms with E-state index in [4.69, 9.17) is 5.73 Å². The lowest BCUT2D eigenvalue weighted by molar-refractivity contribution is -0.121. The van der Waals surface area contributed by atoms with Crippen LogP contribution in [0.2, 0.25) is 0 Å². The lowest BCUT2D eigenvalue weighted by Crippen LogP contribution is -2.29. The average Bonchev–Trinajstić information content (AvgIpc) is 2.36. The molecule has 0 radical (unpaired) electrons. The molecular weight excluding hydrogens is 278 g/mol. The van der Waals surface area contributed by atoms with Crippen molar-refractivity contribution < 1.29 is 13.2 Å². The normalized spacial score (nSPS) is 13.2. The second kappa shape index (κ2) is 6.83. The number of nitrogens with two attached hydrogens (primary N) is 1. The van der Waals surface area contributed by atoms with Crippen molar-refractivity contribution in [1.82, 2.24) is 9.62 Å². The molecule has 0 aromatic heterocycles. The molecule has 0 aliphatic rings. The van der Waals surface area contributed by atoms with E-state index in [1.165, 1.54) is 26.2 Å². The van der Waals surface area contributed by atoms with Crippen molar-refractivity contribution in [3.8, 4) is 0 Å². The van der Waals surface area contributed by atoms with Gasteiger partial charge in [0.15, 0.2) is 0 Å². The SMILES string of the molecule is CC(N)CC(=O)NCc1ccc(S(=O)(=O)N(C)C)cc1. The zero-order valence-corrected chi connectivity index (χ0v) is 12.8. The molecule has 7 heteroatoms. The van der Waals surface area contributed by atoms with Crippen LogP contribution in [0.15, 0.2) is 29.2 Å². The van der Waals surface area contributed by atoms with E-state index in [-0.39, 0.29) is 23.3 Å². The van der Waals surface area contributed by atoms with E-state index in [1.807, 2.05) is 0 Å². The monoisotopic (exact) mass is 299 g/mol. The highest BCUT2D eigenvalue weighted by Crippen LogP contribution is 2.13. The number of amides is 1. The summed E-state index contributed by atoms with van der Waals surface area (Å²) < 4.78 is 24.9. The van der Waals surface area contributed by atoms with Gasteiger partial charge in [-0.1, -0.05) is 12.1 Å². The van der Waals surface area contributed by atoms with E-state index in [0.717, 1.165) is 9.87 Å². The molecule has 0 bridgehead atoms. The first kappa shape index (κ1) is 16.6. The van der Waals surface area contributed by atoms with Gasteiger partial charge in [-0.3, -0.25) is 4.79 Å². The molecule has 1 atom stereocenters. The second-order valence-corrected chi connectivity index (χ2v) is 7.04. The van der Waals surface area contributed by atoms with Crippen LogP contribution >= 0.6 is 0 Å². The standard InChI is InChI=1S/C13H21N3O3S/c1-10(14)8-13(17)15-9-11-4-6-12(7-5-11)20(18,19)16(2)3/h4-7,10H,8-9,14H2,1-3H3,(H,15,17). The highest BCUT2D eigenvalue weighted by atomic mass is 32.2. The van der Waals surface area contributed by atoms with Crippen molar-refractivity contribution in [2.45, 2.75) is 30.8 Å². The third-order valence-corrected chi connectivity index (χ3v) is 4.53. The molecule has 6 nitrogen and oxygen atoms in total. The molecule has 1 amide bonds. The van der Waals surface area contributed by atoms with Gasteiger partial charge in [0.05, 0.1) is 4.90 Å². The zero-order chi connectivity index (χ0) is 15.3. The fourth-order valence-electron chi connectivity index (χ4n) is 1.56. The van der Waals surface area contributed by atoms with Crippen LogP contribution in [0.25, 0.3) is 0 Å². The summed E-state index contributed by atoms with van der Waals surface area (Å²) in [6.45, 7) is 2.12. The molecule has 1 aromatic rings. The van der Waals surface area contributed by atoms with E-state index < -0.39 is 10.0 Å². The van der Waals surface area contributed by atoms with Crippen LogP contribution in [0.5, 0.6) is 0 Å². The fourth-order valence-corrected chi connectivity index (χ4v) is 2.46. The third-order valence-electron chi connectivity index (χ3n) is 2.70. The number of benzene rings is 1. The van der Waals surface area contributed by atoms with Crippen molar-refractivity contribution >= 4 is 15.9 Å². The Hall–Kier alpha value is -1.44. The summed E-state index contributed by atoms with van der Waals surface area (Å²) in [5, 5.41) is 2.73. The van der Waals surface area contributed by atoms with Gasteiger partial charge in [0.1, 0.15) is 0 Å². The molecule has 0 aliphatic carbocycles. The minimum absolute atomic E-state index is 0.120. The van der Waals surface area contributed by atoms with E-state index in [0.29, 0.717) is 6.54 Å². The third kappa shape index (κ3) is 4.59. The number of nitrogens with one attached hydrogen (secondary N) is 1. The molecule has 0 heterocycles. The predicted molar refractivity (Wildman–Crippen MR) is 77.4 cm³/mol. The number of rotatable bonds is 6. The minimum Gasteiger partial charge on any atom is -0.352 e. The van der Waals surface area contributed by atoms with Crippen molar-refractivity contribution in [3.63, 3.8) is 0 Å². The maximum atomic E-state index is 11.9. The van der Waals surface area contributed by atoms with E-state index in [9.17, 15) is 13.2 Å². The smallest absolute Gasteiger partial charge is 0.242 e. The Morgan fingerprint density at radius 1 is 1.30 bits per heavy atom. The average molecular weight is 299 g/mol. The summed E-state index contributed by atoms with van der Waals surface area (Å²) in [5.74, 6) is -0.120. The summed E-state index contributed by atoms with van der Waals surface area (Å²) in [6.07, 6.45) is 0.271. The van der Waals surface area contributed by atoms with Gasteiger partial charge in [-0.2, -0.15) is 0 Å². The van der Waals surface area contributed by atoms with Crippen molar-refractivity contribution in [1.29, 1.82) is 0 Å². The van der Waals surface area contributed by atoms with E-state index in [2.05, 4.69) is 5.32 Å². The molecule has 0 aliphatic heterocycles. The van der Waals surface area contributed by atoms with Gasteiger partial charge in [-0.15, -0.1) is 0 Å². The number of hydrogen-bond donors (Lipinski definition) is 2. The van der Waals surface area contributed by atoms with Gasteiger partial charge in [0, 0.05) is 33.1 Å². The molecule has 0 spiro atoms. The Labute approximate surface area is 120 Å². The van der Waals surface area contributed by atoms with Crippen LogP contribution in [-0.4, -0.2) is 38.8 Å². The molecular formula is C13H21N3O3S. The minimum atomic E-state index is -3.41. The Kier molecular flexibility index (Phi) is 5.67. The summed E-state index contributed by atoms with van der Waals surface area (Å²) in [6, 6.07) is 6.25. The Bertz CT molecular complexity index is 551. The van der Waals surface area contributed by atoms with Gasteiger partial charge < -0.3 is 11.1 Å². The van der Waals surface area contributed by atoms with Crippen molar-refractivity contribution in [2.75, 3.05) is 14.1 Å². The van der Waals surface area contributed by atoms with Crippen LogP contribution in [-0.2, 0) is 21.4 Å². The molecule has 0 fully saturated rings. The van der Waals surface area contributed by atoms with Crippen LogP contribution in [0.1, 0.15) is 18.9 Å². The molecule has 0 saturated carbocycles. The maximum absolute atomic E-state index is 11.9. The Morgan fingerprint density at radius 3 is 2.30 bits per heavy atom. The first-order valence-electron chi connectivity index (χ1n) is 6.27. The number of carbonyl (C=O) groups excluding carboxylic acids is 1. The number of nitrogens with zero attached hydrogens (tertiary/aromatic N) is 1. The lowest BCUT2D eigenvalue weighted by atomic mass is 10.2. The summed E-state index contributed by atoms with van der Waals surface area (Å²) in [7, 11) is -0.444. The van der Waals surface area contributed by atoms with Gasteiger partial charge >= 0.3 is 0 Å². The first-order chi connectivity index (χ1) is 9.23. The number of carbonyl (C=O) groups is 1. The summed E-state index contributed by atoms with van der Waals surface area (Å²) >= 11 is 0. The summed E-state index contributed by atoms with van der Waals surface area (Å²) in [4.78, 5) is 11.7. The van der Waals surface area contributed by atoms with Crippen LogP contribution in [0.4, 0.5) is 0 Å². The second-order valence-electron chi connectivity index (χ2n) is 4.89. The van der Waals surface area contributed by atoms with Crippen molar-refractivity contribution in [2.24, 2.45) is 5.73 Å². The van der Waals surface area contributed by atoms with E-state index >= 15 is 0 Å². The largest absolute Gasteiger partial charge is 0.352 e. The van der Waals surface area contributed by atoms with Crippen LogP contribution in [0, 0.1) is 0 Å².